The van der Waals surface area contributed by atoms with Crippen LogP contribution in [0.3, 0.4) is 0 Å². The SMILES string of the molecule is O=C1NC(=S)N/C1=C/c1cc(-c2ccc3c(c2)COC3=O)cs1. The highest BCUT2D eigenvalue weighted by Gasteiger charge is 2.22. The van der Waals surface area contributed by atoms with E-state index in [1.165, 1.54) is 11.3 Å². The Hall–Kier alpha value is -2.51. The zero-order chi connectivity index (χ0) is 16.0. The quantitative estimate of drug-likeness (QED) is 0.498. The van der Waals surface area contributed by atoms with Crippen LogP contribution in [-0.4, -0.2) is 17.0 Å². The first-order chi connectivity index (χ1) is 11.1. The molecule has 2 N–H and O–H groups in total. The van der Waals surface area contributed by atoms with Gasteiger partial charge in [0.05, 0.1) is 5.56 Å². The Labute approximate surface area is 141 Å². The average Bonchev–Trinajstić information content (AvgIpc) is 3.21. The van der Waals surface area contributed by atoms with Gasteiger partial charge < -0.3 is 10.1 Å². The Bertz CT molecular complexity index is 898. The van der Waals surface area contributed by atoms with Gasteiger partial charge in [0.15, 0.2) is 5.11 Å². The van der Waals surface area contributed by atoms with E-state index in [-0.39, 0.29) is 11.9 Å². The number of fused-ring (bicyclic) bond motifs is 1. The number of rotatable bonds is 2. The molecule has 2 aromatic rings. The number of amides is 1. The fourth-order valence-electron chi connectivity index (χ4n) is 2.52. The summed E-state index contributed by atoms with van der Waals surface area (Å²) < 4.78 is 5.02. The Morgan fingerprint density at radius 3 is 2.83 bits per heavy atom. The molecule has 0 atom stereocenters. The Morgan fingerprint density at radius 1 is 1.17 bits per heavy atom. The van der Waals surface area contributed by atoms with E-state index < -0.39 is 0 Å². The summed E-state index contributed by atoms with van der Waals surface area (Å²) >= 11 is 6.44. The van der Waals surface area contributed by atoms with Crippen molar-refractivity contribution in [3.8, 4) is 11.1 Å². The van der Waals surface area contributed by atoms with E-state index in [0.717, 1.165) is 21.6 Å². The molecule has 0 aliphatic carbocycles. The first kappa shape index (κ1) is 14.1. The maximum Gasteiger partial charge on any atom is 0.338 e. The van der Waals surface area contributed by atoms with E-state index in [9.17, 15) is 9.59 Å². The molecule has 0 radical (unpaired) electrons. The van der Waals surface area contributed by atoms with Gasteiger partial charge in [-0.3, -0.25) is 10.1 Å². The number of hydrogen-bond acceptors (Lipinski definition) is 5. The number of ether oxygens (including phenoxy) is 1. The minimum Gasteiger partial charge on any atom is -0.457 e. The molecule has 1 fully saturated rings. The molecule has 1 aromatic carbocycles. The molecule has 1 amide bonds. The van der Waals surface area contributed by atoms with Crippen LogP contribution in [0.25, 0.3) is 17.2 Å². The Balaban J connectivity index is 1.64. The van der Waals surface area contributed by atoms with Crippen molar-refractivity contribution in [1.82, 2.24) is 10.6 Å². The molecule has 0 spiro atoms. The molecule has 2 aliphatic heterocycles. The van der Waals surface area contributed by atoms with E-state index in [0.29, 0.717) is 23.0 Å². The van der Waals surface area contributed by atoms with Crippen molar-refractivity contribution in [2.75, 3.05) is 0 Å². The number of nitrogens with one attached hydrogen (secondary N) is 2. The van der Waals surface area contributed by atoms with Crippen LogP contribution < -0.4 is 10.6 Å². The molecular weight excluding hydrogens is 332 g/mol. The monoisotopic (exact) mass is 342 g/mol. The lowest BCUT2D eigenvalue weighted by Gasteiger charge is -2.00. The molecule has 0 bridgehead atoms. The molecule has 1 saturated heterocycles. The summed E-state index contributed by atoms with van der Waals surface area (Å²) in [4.78, 5) is 24.1. The lowest BCUT2D eigenvalue weighted by Crippen LogP contribution is -2.21. The highest BCUT2D eigenvalue weighted by molar-refractivity contribution is 7.80. The highest BCUT2D eigenvalue weighted by atomic mass is 32.1. The first-order valence-corrected chi connectivity index (χ1v) is 8.12. The lowest BCUT2D eigenvalue weighted by molar-refractivity contribution is -0.115. The summed E-state index contributed by atoms with van der Waals surface area (Å²) in [6, 6.07) is 7.66. The lowest BCUT2D eigenvalue weighted by atomic mass is 10.0. The van der Waals surface area contributed by atoms with Crippen LogP contribution >= 0.6 is 23.6 Å². The van der Waals surface area contributed by atoms with Gasteiger partial charge in [0, 0.05) is 10.4 Å². The van der Waals surface area contributed by atoms with Gasteiger partial charge >= 0.3 is 5.97 Å². The minimum atomic E-state index is -0.267. The summed E-state index contributed by atoms with van der Waals surface area (Å²) in [5, 5.41) is 7.69. The second-order valence-electron chi connectivity index (χ2n) is 5.15. The van der Waals surface area contributed by atoms with Crippen molar-refractivity contribution < 1.29 is 14.3 Å². The smallest absolute Gasteiger partial charge is 0.338 e. The molecule has 0 saturated carbocycles. The summed E-state index contributed by atoms with van der Waals surface area (Å²) in [6.45, 7) is 0.324. The zero-order valence-electron chi connectivity index (χ0n) is 11.7. The van der Waals surface area contributed by atoms with Gasteiger partial charge in [0.2, 0.25) is 0 Å². The molecule has 1 aromatic heterocycles. The van der Waals surface area contributed by atoms with Gasteiger partial charge in [0.1, 0.15) is 12.3 Å². The van der Waals surface area contributed by atoms with Crippen molar-refractivity contribution in [2.24, 2.45) is 0 Å². The number of hydrogen-bond donors (Lipinski definition) is 2. The van der Waals surface area contributed by atoms with Gasteiger partial charge in [-0.1, -0.05) is 6.07 Å². The Kier molecular flexibility index (Phi) is 3.24. The largest absolute Gasteiger partial charge is 0.457 e. The number of carbonyl (C=O) groups is 2. The Morgan fingerprint density at radius 2 is 2.04 bits per heavy atom. The van der Waals surface area contributed by atoms with Gasteiger partial charge in [-0.2, -0.15) is 0 Å². The molecule has 4 rings (SSSR count). The van der Waals surface area contributed by atoms with Crippen molar-refractivity contribution in [3.63, 3.8) is 0 Å². The third-order valence-electron chi connectivity index (χ3n) is 3.64. The van der Waals surface area contributed by atoms with E-state index in [1.54, 1.807) is 12.1 Å². The van der Waals surface area contributed by atoms with Crippen LogP contribution in [0.2, 0.25) is 0 Å². The molecule has 5 nitrogen and oxygen atoms in total. The number of carbonyl (C=O) groups excluding carboxylic acids is 2. The molecule has 7 heteroatoms. The summed E-state index contributed by atoms with van der Waals surface area (Å²) in [5.41, 5.74) is 4.02. The number of esters is 1. The third kappa shape index (κ3) is 2.54. The topological polar surface area (TPSA) is 67.4 Å². The highest BCUT2D eigenvalue weighted by Crippen LogP contribution is 2.30. The molecule has 0 unspecified atom stereocenters. The van der Waals surface area contributed by atoms with Gasteiger partial charge in [-0.25, -0.2) is 4.79 Å². The van der Waals surface area contributed by atoms with E-state index in [1.807, 2.05) is 23.6 Å². The predicted octanol–water partition coefficient (Wildman–Crippen LogP) is 2.43. The number of thiophene rings is 1. The van der Waals surface area contributed by atoms with E-state index >= 15 is 0 Å². The van der Waals surface area contributed by atoms with Crippen molar-refractivity contribution in [1.29, 1.82) is 0 Å². The minimum absolute atomic E-state index is 0.224. The van der Waals surface area contributed by atoms with Gasteiger partial charge in [-0.15, -0.1) is 11.3 Å². The van der Waals surface area contributed by atoms with Crippen LogP contribution in [0.5, 0.6) is 0 Å². The standard InChI is InChI=1S/C16H10N2O3S2/c19-14-13(17-16(22)18-14)5-11-4-10(7-23-11)8-1-2-12-9(3-8)6-21-15(12)20/h1-5,7H,6H2,(H2,17,18,19,22)/b13-5+. The van der Waals surface area contributed by atoms with Crippen LogP contribution in [0.4, 0.5) is 0 Å². The van der Waals surface area contributed by atoms with Crippen LogP contribution in [0, 0.1) is 0 Å². The summed E-state index contributed by atoms with van der Waals surface area (Å²) in [6.07, 6.45) is 1.77. The zero-order valence-corrected chi connectivity index (χ0v) is 13.3. The van der Waals surface area contributed by atoms with Gasteiger partial charge in [0.25, 0.3) is 5.91 Å². The molecule has 2 aliphatic rings. The fraction of sp³-hybridized carbons (Fsp3) is 0.0625. The number of thiocarbonyl (C=S) groups is 1. The second-order valence-corrected chi connectivity index (χ2v) is 6.50. The molecule has 114 valence electrons. The predicted molar refractivity (Wildman–Crippen MR) is 90.7 cm³/mol. The summed E-state index contributed by atoms with van der Waals surface area (Å²) in [7, 11) is 0. The van der Waals surface area contributed by atoms with Crippen LogP contribution in [0.15, 0.2) is 35.3 Å². The van der Waals surface area contributed by atoms with Crippen LogP contribution in [0.1, 0.15) is 20.8 Å². The number of benzene rings is 1. The fourth-order valence-corrected chi connectivity index (χ4v) is 3.57. The van der Waals surface area contributed by atoms with E-state index in [2.05, 4.69) is 10.6 Å². The maximum absolute atomic E-state index is 11.7. The normalized spacial score (nSPS) is 17.9. The average molecular weight is 342 g/mol. The molecule has 23 heavy (non-hydrogen) atoms. The van der Waals surface area contributed by atoms with Crippen molar-refractivity contribution in [2.45, 2.75) is 6.61 Å². The van der Waals surface area contributed by atoms with Crippen LogP contribution in [-0.2, 0) is 16.1 Å². The molecule has 3 heterocycles. The van der Waals surface area contributed by atoms with E-state index in [4.69, 9.17) is 17.0 Å². The summed E-state index contributed by atoms with van der Waals surface area (Å²) in [5.74, 6) is -0.491. The number of cyclic esters (lactones) is 1. The van der Waals surface area contributed by atoms with Crippen molar-refractivity contribution in [3.05, 3.63) is 51.3 Å². The van der Waals surface area contributed by atoms with Gasteiger partial charge in [-0.05, 0) is 53.0 Å². The first-order valence-electron chi connectivity index (χ1n) is 6.83. The second kappa shape index (κ2) is 5.29. The third-order valence-corrected chi connectivity index (χ3v) is 4.73. The van der Waals surface area contributed by atoms with Crippen molar-refractivity contribution >= 4 is 46.6 Å². The molecular formula is C16H10N2O3S2. The maximum atomic E-state index is 11.7.